The highest BCUT2D eigenvalue weighted by Crippen LogP contribution is 2.43. The van der Waals surface area contributed by atoms with Crippen molar-refractivity contribution in [2.75, 3.05) is 31.8 Å². The molecule has 0 aromatic heterocycles. The minimum absolute atomic E-state index is 0.0325. The topological polar surface area (TPSA) is 141 Å². The van der Waals surface area contributed by atoms with Crippen LogP contribution in [-0.4, -0.2) is 67.9 Å². The molecule has 0 spiro atoms. The molecule has 2 amide bonds. The maximum absolute atomic E-state index is 14.6. The Labute approximate surface area is 325 Å². The summed E-state index contributed by atoms with van der Waals surface area (Å²) >= 11 is 0. The van der Waals surface area contributed by atoms with E-state index in [0.29, 0.717) is 45.9 Å². The number of methoxy groups -OCH3 is 1. The molecule has 2 N–H and O–H groups in total. The number of anilines is 1. The number of ether oxygens (including phenoxy) is 4. The van der Waals surface area contributed by atoms with Crippen LogP contribution in [-0.2, 0) is 25.5 Å². The standard InChI is InChI=1S/C45H44N2O9/c1-3-54-41(50)29-39-43(56-45(52)36-18-11-10-17-35(36)31-13-6-4-7-14-31)42(46-40(49)27-30-19-21-33(53-2)22-20-30)37-28-34(55-26-12-25-48)23-24-38(37)47(39)44(51)32-15-8-5-9-16-32/h4-11,13-24,28,39,42-43,48H,3,12,25-27,29H2,1-2H3,(H,46,49)/t39-,42-,43-/m0/s1. The molecule has 5 aromatic rings. The van der Waals surface area contributed by atoms with E-state index in [1.54, 1.807) is 99.0 Å². The Morgan fingerprint density at radius 2 is 1.48 bits per heavy atom. The molecule has 5 aromatic carbocycles. The highest BCUT2D eigenvalue weighted by molar-refractivity contribution is 6.08. The highest BCUT2D eigenvalue weighted by atomic mass is 16.6. The van der Waals surface area contributed by atoms with Gasteiger partial charge in [0.15, 0.2) is 0 Å². The van der Waals surface area contributed by atoms with Gasteiger partial charge in [0.2, 0.25) is 5.91 Å². The molecule has 0 fully saturated rings. The van der Waals surface area contributed by atoms with E-state index in [1.165, 1.54) is 4.90 Å². The lowest BCUT2D eigenvalue weighted by Crippen LogP contribution is -2.58. The number of fused-ring (bicyclic) bond motifs is 1. The largest absolute Gasteiger partial charge is 0.497 e. The number of carbonyl (C=O) groups excluding carboxylic acids is 4. The van der Waals surface area contributed by atoms with Crippen molar-refractivity contribution < 1.29 is 43.2 Å². The number of rotatable bonds is 15. The van der Waals surface area contributed by atoms with Crippen LogP contribution < -0.4 is 19.7 Å². The van der Waals surface area contributed by atoms with Gasteiger partial charge in [0.25, 0.3) is 5.91 Å². The summed E-state index contributed by atoms with van der Waals surface area (Å²) in [5.41, 5.74) is 3.50. The molecule has 0 saturated carbocycles. The van der Waals surface area contributed by atoms with Gasteiger partial charge in [0.1, 0.15) is 17.6 Å². The molecule has 1 aliphatic heterocycles. The van der Waals surface area contributed by atoms with Crippen LogP contribution in [0.2, 0.25) is 0 Å². The summed E-state index contributed by atoms with van der Waals surface area (Å²) in [6.07, 6.45) is -1.32. The van der Waals surface area contributed by atoms with Gasteiger partial charge in [-0.05, 0) is 72.1 Å². The zero-order valence-corrected chi connectivity index (χ0v) is 31.3. The number of aliphatic hydroxyl groups excluding tert-OH is 1. The fourth-order valence-electron chi connectivity index (χ4n) is 6.83. The molecule has 1 heterocycles. The maximum atomic E-state index is 14.6. The first-order valence-electron chi connectivity index (χ1n) is 18.5. The van der Waals surface area contributed by atoms with E-state index in [-0.39, 0.29) is 38.2 Å². The lowest BCUT2D eigenvalue weighted by molar-refractivity contribution is -0.144. The number of nitrogens with zero attached hydrogens (tertiary/aromatic N) is 1. The van der Waals surface area contributed by atoms with E-state index in [0.717, 1.165) is 5.56 Å². The van der Waals surface area contributed by atoms with Gasteiger partial charge in [-0.2, -0.15) is 0 Å². The summed E-state index contributed by atoms with van der Waals surface area (Å²) in [4.78, 5) is 58.1. The average molecular weight is 757 g/mol. The maximum Gasteiger partial charge on any atom is 0.339 e. The molecule has 11 nitrogen and oxygen atoms in total. The van der Waals surface area contributed by atoms with E-state index in [2.05, 4.69) is 5.32 Å². The zero-order valence-electron chi connectivity index (χ0n) is 31.3. The first-order chi connectivity index (χ1) is 27.3. The molecule has 1 aliphatic rings. The first kappa shape index (κ1) is 39.2. The minimum Gasteiger partial charge on any atom is -0.497 e. The SMILES string of the molecule is CCOC(=O)C[C@H]1[C@H](OC(=O)c2ccccc2-c2ccccc2)[C@@H](NC(=O)Cc2ccc(OC)cc2)c2cc(OCCCO)ccc2N1C(=O)c1ccccc1. The van der Waals surface area contributed by atoms with Crippen molar-refractivity contribution in [1.82, 2.24) is 5.32 Å². The van der Waals surface area contributed by atoms with Gasteiger partial charge >= 0.3 is 11.9 Å². The minimum atomic E-state index is -1.30. The predicted octanol–water partition coefficient (Wildman–Crippen LogP) is 6.73. The molecule has 0 bridgehead atoms. The van der Waals surface area contributed by atoms with Crippen LogP contribution in [0.1, 0.15) is 57.7 Å². The van der Waals surface area contributed by atoms with Gasteiger partial charge < -0.3 is 34.3 Å². The van der Waals surface area contributed by atoms with Crippen molar-refractivity contribution in [1.29, 1.82) is 0 Å². The van der Waals surface area contributed by atoms with Crippen molar-refractivity contribution in [3.8, 4) is 22.6 Å². The molecule has 56 heavy (non-hydrogen) atoms. The number of aliphatic hydroxyl groups is 1. The molecular formula is C45H44N2O9. The van der Waals surface area contributed by atoms with Gasteiger partial charge in [-0.3, -0.25) is 14.4 Å². The molecule has 0 radical (unpaired) electrons. The smallest absolute Gasteiger partial charge is 0.339 e. The Morgan fingerprint density at radius 1 is 0.804 bits per heavy atom. The van der Waals surface area contributed by atoms with E-state index >= 15 is 0 Å². The Morgan fingerprint density at radius 3 is 2.18 bits per heavy atom. The molecule has 288 valence electrons. The van der Waals surface area contributed by atoms with Gasteiger partial charge in [-0.25, -0.2) is 4.79 Å². The summed E-state index contributed by atoms with van der Waals surface area (Å²) in [6.45, 7) is 1.89. The highest BCUT2D eigenvalue weighted by Gasteiger charge is 2.48. The van der Waals surface area contributed by atoms with Crippen LogP contribution in [0.3, 0.4) is 0 Å². The fourth-order valence-corrected chi connectivity index (χ4v) is 6.83. The lowest BCUT2D eigenvalue weighted by Gasteiger charge is -2.45. The second-order valence-electron chi connectivity index (χ2n) is 13.1. The summed E-state index contributed by atoms with van der Waals surface area (Å²) in [5.74, 6) is -1.16. The summed E-state index contributed by atoms with van der Waals surface area (Å²) < 4.78 is 23.2. The Bertz CT molecular complexity index is 2120. The molecule has 0 aliphatic carbocycles. The quantitative estimate of drug-likeness (QED) is 0.0879. The van der Waals surface area contributed by atoms with Crippen molar-refractivity contribution in [2.45, 2.75) is 44.4 Å². The normalized spacial score (nSPS) is 15.9. The van der Waals surface area contributed by atoms with Crippen molar-refractivity contribution in [3.63, 3.8) is 0 Å². The first-order valence-corrected chi connectivity index (χ1v) is 18.5. The molecule has 11 heteroatoms. The molecule has 0 unspecified atom stereocenters. The summed E-state index contributed by atoms with van der Waals surface area (Å²) in [5, 5.41) is 12.5. The third-order valence-corrected chi connectivity index (χ3v) is 9.44. The van der Waals surface area contributed by atoms with E-state index in [4.69, 9.17) is 18.9 Å². The molecule has 0 saturated heterocycles. The van der Waals surface area contributed by atoms with E-state index in [1.807, 2.05) is 42.5 Å². The van der Waals surface area contributed by atoms with Crippen LogP contribution in [0.25, 0.3) is 11.1 Å². The number of esters is 2. The zero-order chi connectivity index (χ0) is 39.4. The van der Waals surface area contributed by atoms with Crippen LogP contribution in [0.4, 0.5) is 5.69 Å². The third-order valence-electron chi connectivity index (χ3n) is 9.44. The fraction of sp³-hybridized carbons (Fsp3) is 0.244. The number of benzene rings is 5. The van der Waals surface area contributed by atoms with Gasteiger partial charge in [-0.15, -0.1) is 0 Å². The van der Waals surface area contributed by atoms with Crippen LogP contribution in [0, 0.1) is 0 Å². The number of hydrogen-bond acceptors (Lipinski definition) is 9. The van der Waals surface area contributed by atoms with Crippen molar-refractivity contribution in [3.05, 3.63) is 150 Å². The molecule has 6 rings (SSSR count). The number of hydrogen-bond donors (Lipinski definition) is 2. The summed E-state index contributed by atoms with van der Waals surface area (Å²) in [6, 6.07) is 34.9. The third kappa shape index (κ3) is 9.24. The molecule has 3 atom stereocenters. The Balaban J connectivity index is 1.50. The predicted molar refractivity (Wildman–Crippen MR) is 211 cm³/mol. The number of amides is 2. The van der Waals surface area contributed by atoms with Crippen molar-refractivity contribution in [2.24, 2.45) is 0 Å². The average Bonchev–Trinajstić information content (AvgIpc) is 3.23. The van der Waals surface area contributed by atoms with Crippen LogP contribution in [0.5, 0.6) is 11.5 Å². The van der Waals surface area contributed by atoms with Gasteiger partial charge in [0, 0.05) is 24.2 Å². The molecular weight excluding hydrogens is 712 g/mol. The number of nitrogens with one attached hydrogen (secondary N) is 1. The lowest BCUT2D eigenvalue weighted by atomic mass is 9.85. The van der Waals surface area contributed by atoms with E-state index in [9.17, 15) is 24.3 Å². The van der Waals surface area contributed by atoms with Crippen molar-refractivity contribution >= 4 is 29.4 Å². The van der Waals surface area contributed by atoms with Crippen LogP contribution in [0.15, 0.2) is 127 Å². The second-order valence-corrected chi connectivity index (χ2v) is 13.1. The number of carbonyl (C=O) groups is 4. The van der Waals surface area contributed by atoms with Crippen LogP contribution >= 0.6 is 0 Å². The Kier molecular flexibility index (Phi) is 13.1. The van der Waals surface area contributed by atoms with Gasteiger partial charge in [-0.1, -0.05) is 78.9 Å². The van der Waals surface area contributed by atoms with E-state index < -0.39 is 41.9 Å². The monoisotopic (exact) mass is 756 g/mol. The second kappa shape index (κ2) is 18.7. The van der Waals surface area contributed by atoms with Gasteiger partial charge in [0.05, 0.1) is 56.5 Å². The Hall–Kier alpha value is -6.46. The summed E-state index contributed by atoms with van der Waals surface area (Å²) in [7, 11) is 1.56.